The van der Waals surface area contributed by atoms with Crippen LogP contribution in [0.5, 0.6) is 0 Å². The number of hydrogen-bond acceptors (Lipinski definition) is 5. The highest BCUT2D eigenvalue weighted by atomic mass is 16.6. The van der Waals surface area contributed by atoms with Gasteiger partial charge in [0.05, 0.1) is 10.6 Å². The Bertz CT molecular complexity index is 635. The Kier molecular flexibility index (Phi) is 2.76. The zero-order valence-corrected chi connectivity index (χ0v) is 9.27. The number of carbonyl (C=O) groups is 1. The van der Waals surface area contributed by atoms with Crippen molar-refractivity contribution in [1.29, 1.82) is 0 Å². The summed E-state index contributed by atoms with van der Waals surface area (Å²) in [6.07, 6.45) is 2.50. The Balaban J connectivity index is 2.56. The van der Waals surface area contributed by atoms with Crippen LogP contribution in [0, 0.1) is 17.0 Å². The van der Waals surface area contributed by atoms with Gasteiger partial charge in [-0.05, 0) is 13.0 Å². The zero-order chi connectivity index (χ0) is 13.3. The lowest BCUT2D eigenvalue weighted by Crippen LogP contribution is -2.07. The Morgan fingerprint density at radius 1 is 1.56 bits per heavy atom. The minimum absolute atomic E-state index is 0.214. The van der Waals surface area contributed by atoms with E-state index in [-0.39, 0.29) is 5.82 Å². The first-order chi connectivity index (χ1) is 8.49. The number of aromatic carboxylic acids is 1. The Morgan fingerprint density at radius 2 is 2.28 bits per heavy atom. The van der Waals surface area contributed by atoms with Crippen LogP contribution in [0.2, 0.25) is 0 Å². The number of pyridine rings is 1. The quantitative estimate of drug-likeness (QED) is 0.644. The third-order valence-corrected chi connectivity index (χ3v) is 2.25. The summed E-state index contributed by atoms with van der Waals surface area (Å²) in [6, 6.07) is 2.83. The molecule has 0 unspecified atom stereocenters. The number of nitro groups is 1. The maximum atomic E-state index is 11.0. The van der Waals surface area contributed by atoms with E-state index in [1.807, 2.05) is 0 Å². The van der Waals surface area contributed by atoms with Crippen molar-refractivity contribution in [1.82, 2.24) is 14.8 Å². The van der Waals surface area contributed by atoms with Crippen molar-refractivity contribution >= 4 is 11.7 Å². The van der Waals surface area contributed by atoms with E-state index in [4.69, 9.17) is 5.11 Å². The van der Waals surface area contributed by atoms with Gasteiger partial charge in [-0.15, -0.1) is 0 Å². The van der Waals surface area contributed by atoms with Crippen LogP contribution >= 0.6 is 0 Å². The molecule has 0 aliphatic rings. The second-order valence-corrected chi connectivity index (χ2v) is 3.52. The molecule has 2 rings (SSSR count). The van der Waals surface area contributed by atoms with E-state index in [1.54, 1.807) is 19.2 Å². The number of nitrogens with zero attached hydrogens (tertiary/aromatic N) is 4. The van der Waals surface area contributed by atoms with Crippen molar-refractivity contribution in [2.75, 3.05) is 0 Å². The molecule has 0 amide bonds. The van der Waals surface area contributed by atoms with Crippen LogP contribution in [0.15, 0.2) is 24.5 Å². The summed E-state index contributed by atoms with van der Waals surface area (Å²) in [7, 11) is 0. The Hall–Kier alpha value is -2.77. The maximum Gasteiger partial charge on any atom is 0.342 e. The van der Waals surface area contributed by atoms with E-state index in [2.05, 4.69) is 10.1 Å². The highest BCUT2D eigenvalue weighted by molar-refractivity contribution is 5.92. The fourth-order valence-electron chi connectivity index (χ4n) is 1.42. The van der Waals surface area contributed by atoms with Gasteiger partial charge in [-0.2, -0.15) is 5.10 Å². The summed E-state index contributed by atoms with van der Waals surface area (Å²) in [5.74, 6) is -1.17. The lowest BCUT2D eigenvalue weighted by molar-refractivity contribution is -0.385. The van der Waals surface area contributed by atoms with Crippen molar-refractivity contribution < 1.29 is 14.8 Å². The highest BCUT2D eigenvalue weighted by Crippen LogP contribution is 2.19. The summed E-state index contributed by atoms with van der Waals surface area (Å²) in [5.41, 5.74) is -0.236. The van der Waals surface area contributed by atoms with Crippen molar-refractivity contribution in [3.63, 3.8) is 0 Å². The van der Waals surface area contributed by atoms with Gasteiger partial charge in [-0.25, -0.2) is 14.5 Å². The molecule has 0 aliphatic heterocycles. The van der Waals surface area contributed by atoms with Crippen LogP contribution < -0.4 is 0 Å². The minimum atomic E-state index is -1.38. The van der Waals surface area contributed by atoms with Crippen molar-refractivity contribution in [3.8, 4) is 5.82 Å². The van der Waals surface area contributed by atoms with Gasteiger partial charge in [-0.3, -0.25) is 10.1 Å². The lowest BCUT2D eigenvalue weighted by Gasteiger charge is -2.02. The molecular formula is C10H8N4O4. The van der Waals surface area contributed by atoms with E-state index in [0.717, 1.165) is 18.0 Å². The molecule has 2 aromatic rings. The molecule has 0 saturated heterocycles. The van der Waals surface area contributed by atoms with E-state index in [9.17, 15) is 14.9 Å². The zero-order valence-electron chi connectivity index (χ0n) is 9.27. The molecule has 0 bridgehead atoms. The van der Waals surface area contributed by atoms with Crippen LogP contribution in [-0.4, -0.2) is 30.8 Å². The van der Waals surface area contributed by atoms with Gasteiger partial charge in [0.2, 0.25) is 0 Å². The molecule has 0 radical (unpaired) electrons. The van der Waals surface area contributed by atoms with Gasteiger partial charge in [0.15, 0.2) is 5.82 Å². The molecule has 92 valence electrons. The van der Waals surface area contributed by atoms with Crippen LogP contribution in [0.4, 0.5) is 5.69 Å². The molecular weight excluding hydrogens is 240 g/mol. The summed E-state index contributed by atoms with van der Waals surface area (Å²) < 4.78 is 1.35. The number of hydrogen-bond donors (Lipinski definition) is 1. The smallest absolute Gasteiger partial charge is 0.342 e. The van der Waals surface area contributed by atoms with E-state index in [1.165, 1.54) is 4.68 Å². The van der Waals surface area contributed by atoms with Crippen LogP contribution in [0.3, 0.4) is 0 Å². The third kappa shape index (κ3) is 2.03. The van der Waals surface area contributed by atoms with E-state index in [0.29, 0.717) is 0 Å². The third-order valence-electron chi connectivity index (χ3n) is 2.25. The van der Waals surface area contributed by atoms with Gasteiger partial charge in [0.1, 0.15) is 11.8 Å². The average Bonchev–Trinajstić information content (AvgIpc) is 2.75. The summed E-state index contributed by atoms with van der Waals surface area (Å²) in [5, 5.41) is 23.6. The van der Waals surface area contributed by atoms with Gasteiger partial charge in [-0.1, -0.05) is 0 Å². The molecule has 0 aliphatic carbocycles. The molecule has 2 aromatic heterocycles. The van der Waals surface area contributed by atoms with Crippen molar-refractivity contribution in [2.24, 2.45) is 0 Å². The highest BCUT2D eigenvalue weighted by Gasteiger charge is 2.21. The number of carboxylic acid groups (broad SMARTS) is 1. The largest absolute Gasteiger partial charge is 0.477 e. The topological polar surface area (TPSA) is 111 Å². The van der Waals surface area contributed by atoms with Crippen LogP contribution in [0.25, 0.3) is 5.82 Å². The molecule has 0 fully saturated rings. The van der Waals surface area contributed by atoms with E-state index >= 15 is 0 Å². The summed E-state index contributed by atoms with van der Waals surface area (Å²) >= 11 is 0. The first-order valence-electron chi connectivity index (χ1n) is 4.89. The fourth-order valence-corrected chi connectivity index (χ4v) is 1.42. The first-order valence-corrected chi connectivity index (χ1v) is 4.89. The lowest BCUT2D eigenvalue weighted by atomic mass is 10.2. The first kappa shape index (κ1) is 11.7. The van der Waals surface area contributed by atoms with Crippen molar-refractivity contribution in [3.05, 3.63) is 45.9 Å². The molecule has 0 atom stereocenters. The molecule has 2 heterocycles. The van der Waals surface area contributed by atoms with Gasteiger partial charge < -0.3 is 5.11 Å². The average molecular weight is 248 g/mol. The fraction of sp³-hybridized carbons (Fsp3) is 0.100. The van der Waals surface area contributed by atoms with Crippen molar-refractivity contribution in [2.45, 2.75) is 6.92 Å². The van der Waals surface area contributed by atoms with Crippen LogP contribution in [0.1, 0.15) is 16.1 Å². The SMILES string of the molecule is Cc1ccn(-c2cc(C(=O)O)c([N+](=O)[O-])cn2)n1. The Morgan fingerprint density at radius 3 is 2.78 bits per heavy atom. The summed E-state index contributed by atoms with van der Waals surface area (Å²) in [4.78, 5) is 24.6. The second kappa shape index (κ2) is 4.24. The van der Waals surface area contributed by atoms with E-state index < -0.39 is 22.1 Å². The number of aryl methyl sites for hydroxylation is 1. The molecule has 18 heavy (non-hydrogen) atoms. The second-order valence-electron chi connectivity index (χ2n) is 3.52. The molecule has 0 saturated carbocycles. The summed E-state index contributed by atoms with van der Waals surface area (Å²) in [6.45, 7) is 1.76. The molecule has 8 nitrogen and oxygen atoms in total. The monoisotopic (exact) mass is 248 g/mol. The number of rotatable bonds is 3. The van der Waals surface area contributed by atoms with Gasteiger partial charge in [0.25, 0.3) is 0 Å². The predicted molar refractivity (Wildman–Crippen MR) is 59.7 cm³/mol. The normalized spacial score (nSPS) is 10.3. The van der Waals surface area contributed by atoms with Gasteiger partial charge in [0, 0.05) is 12.3 Å². The molecule has 8 heteroatoms. The predicted octanol–water partition coefficient (Wildman–Crippen LogP) is 1.18. The van der Waals surface area contributed by atoms with Gasteiger partial charge >= 0.3 is 11.7 Å². The number of carboxylic acids is 1. The minimum Gasteiger partial charge on any atom is -0.477 e. The van der Waals surface area contributed by atoms with Crippen LogP contribution in [-0.2, 0) is 0 Å². The Labute approximate surface area is 101 Å². The molecule has 1 N–H and O–H groups in total. The standard InChI is InChI=1S/C10H8N4O4/c1-6-2-3-13(12-6)9-4-7(10(15)16)8(5-11-9)14(17)18/h2-5H,1H3,(H,15,16). The number of aromatic nitrogens is 3. The molecule has 0 spiro atoms. The maximum absolute atomic E-state index is 11.0. The molecule has 0 aromatic carbocycles.